The number of hydrogen-bond donors (Lipinski definition) is 0. The molecule has 3 aromatic carbocycles. The van der Waals surface area contributed by atoms with E-state index in [1.807, 2.05) is 0 Å². The smallest absolute Gasteiger partial charge is 0.386 e. The van der Waals surface area contributed by atoms with Gasteiger partial charge in [0.2, 0.25) is 0 Å². The van der Waals surface area contributed by atoms with Crippen molar-refractivity contribution in [2.24, 2.45) is 0 Å². The van der Waals surface area contributed by atoms with E-state index in [0.29, 0.717) is 0 Å². The molecule has 1 aliphatic heterocycles. The number of ketones is 2. The Hall–Kier alpha value is -4.07. The molecule has 8 heteroatoms. The number of esters is 2. The van der Waals surface area contributed by atoms with Crippen LogP contribution in [0.15, 0.2) is 66.7 Å². The molecule has 0 aromatic heterocycles. The normalized spacial score (nSPS) is 16.9. The van der Waals surface area contributed by atoms with Crippen molar-refractivity contribution in [1.82, 2.24) is 0 Å². The molecule has 0 amide bonds. The number of fused-ring (bicyclic) bond motifs is 2. The molecule has 0 saturated heterocycles. The molecule has 0 N–H and O–H groups in total. The summed E-state index contributed by atoms with van der Waals surface area (Å²) in [4.78, 5) is 48.3. The average Bonchev–Trinajstić information content (AvgIpc) is 3.22. The van der Waals surface area contributed by atoms with Gasteiger partial charge in [0, 0.05) is 11.1 Å². The lowest BCUT2D eigenvalue weighted by atomic mass is 9.68. The molecule has 0 saturated carbocycles. The van der Waals surface area contributed by atoms with E-state index in [-0.39, 0.29) is 38.9 Å². The second-order valence-corrected chi connectivity index (χ2v) is 7.83. The Balaban J connectivity index is 1.87. The first kappa shape index (κ1) is 20.8. The van der Waals surface area contributed by atoms with Gasteiger partial charge in [0.05, 0.1) is 17.5 Å². The lowest BCUT2D eigenvalue weighted by Gasteiger charge is -2.38. The van der Waals surface area contributed by atoms with Gasteiger partial charge in [-0.25, -0.2) is 9.59 Å². The fourth-order valence-electron chi connectivity index (χ4n) is 4.59. The third-order valence-electron chi connectivity index (χ3n) is 6.08. The highest BCUT2D eigenvalue weighted by atomic mass is 19.4. The van der Waals surface area contributed by atoms with Gasteiger partial charge in [-0.3, -0.25) is 9.59 Å². The highest BCUT2D eigenvalue weighted by molar-refractivity contribution is 6.24. The minimum absolute atomic E-state index is 0.0715. The molecule has 0 fully saturated rings. The van der Waals surface area contributed by atoms with Crippen molar-refractivity contribution < 1.29 is 37.1 Å². The van der Waals surface area contributed by atoms with E-state index < -0.39 is 41.5 Å². The van der Waals surface area contributed by atoms with Crippen molar-refractivity contribution in [2.75, 3.05) is 0 Å². The van der Waals surface area contributed by atoms with Gasteiger partial charge >= 0.3 is 18.1 Å². The predicted molar refractivity (Wildman–Crippen MR) is 108 cm³/mol. The fraction of sp³-hybridized carbons (Fsp3) is 0.120. The maximum Gasteiger partial charge on any atom is 0.406 e. The summed E-state index contributed by atoms with van der Waals surface area (Å²) in [7, 11) is 0. The van der Waals surface area contributed by atoms with Crippen LogP contribution in [0, 0.1) is 0 Å². The van der Waals surface area contributed by atoms with Crippen LogP contribution in [-0.2, 0) is 10.2 Å². The zero-order valence-electron chi connectivity index (χ0n) is 16.7. The van der Waals surface area contributed by atoms with Crippen molar-refractivity contribution in [3.05, 3.63) is 106 Å². The first-order valence-corrected chi connectivity index (χ1v) is 9.89. The number of alkyl halides is 3. The summed E-state index contributed by atoms with van der Waals surface area (Å²) in [5.41, 5.74) is -3.96. The van der Waals surface area contributed by atoms with Crippen molar-refractivity contribution >= 4 is 23.5 Å². The first-order chi connectivity index (χ1) is 15.6. The van der Waals surface area contributed by atoms with E-state index >= 15 is 13.2 Å². The molecule has 1 unspecified atom stereocenters. The van der Waals surface area contributed by atoms with Crippen LogP contribution >= 0.6 is 0 Å². The molecule has 1 aliphatic carbocycles. The Morgan fingerprint density at radius 1 is 0.606 bits per heavy atom. The van der Waals surface area contributed by atoms with Crippen LogP contribution in [0.3, 0.4) is 0 Å². The summed E-state index contributed by atoms with van der Waals surface area (Å²) >= 11 is 0. The van der Waals surface area contributed by atoms with Crippen LogP contribution in [0.25, 0.3) is 0 Å². The van der Waals surface area contributed by atoms with Gasteiger partial charge < -0.3 is 4.74 Å². The Morgan fingerprint density at radius 2 is 1.15 bits per heavy atom. The van der Waals surface area contributed by atoms with E-state index in [1.165, 1.54) is 36.4 Å². The Labute approximate surface area is 184 Å². The molecule has 33 heavy (non-hydrogen) atoms. The minimum atomic E-state index is -4.94. The highest BCUT2D eigenvalue weighted by Crippen LogP contribution is 2.52. The lowest BCUT2D eigenvalue weighted by molar-refractivity contribution is -0.166. The summed E-state index contributed by atoms with van der Waals surface area (Å²) in [6, 6.07) is 13.8. The monoisotopic (exact) mass is 450 g/mol. The van der Waals surface area contributed by atoms with E-state index in [9.17, 15) is 19.2 Å². The summed E-state index contributed by atoms with van der Waals surface area (Å²) in [5, 5.41) is 0. The molecule has 0 spiro atoms. The van der Waals surface area contributed by atoms with E-state index in [4.69, 9.17) is 0 Å². The maximum atomic E-state index is 15.1. The summed E-state index contributed by atoms with van der Waals surface area (Å²) < 4.78 is 50.0. The SMILES string of the molecule is O=C1CC(=O)c2cc(C(c3ccccc3)(c3ccc4c(c3)C(=O)OC4=O)C(F)(F)F)ccc21. The predicted octanol–water partition coefficient (Wildman–Crippen LogP) is 4.66. The molecule has 1 atom stereocenters. The standard InChI is InChI=1S/C25H13F3O5/c26-25(27,28)24(13-4-2-1-3-5-13,14-6-8-16-18(10-14)21(30)12-20(16)29)15-7-9-17-19(11-15)23(32)33-22(17)31/h1-11H,12H2. The van der Waals surface area contributed by atoms with Crippen LogP contribution < -0.4 is 0 Å². The van der Waals surface area contributed by atoms with E-state index in [2.05, 4.69) is 4.74 Å². The third kappa shape index (κ3) is 2.87. The number of hydrogen-bond acceptors (Lipinski definition) is 5. The number of carbonyl (C=O) groups excluding carboxylic acids is 4. The lowest BCUT2D eigenvalue weighted by Crippen LogP contribution is -2.44. The van der Waals surface area contributed by atoms with Gasteiger partial charge in [0.25, 0.3) is 0 Å². The Kier molecular flexibility index (Phi) is 4.39. The summed E-state index contributed by atoms with van der Waals surface area (Å²) in [5.74, 6) is -2.96. The summed E-state index contributed by atoms with van der Waals surface area (Å²) in [6.07, 6.45) is -5.33. The number of rotatable bonds is 3. The average molecular weight is 450 g/mol. The van der Waals surface area contributed by atoms with Gasteiger partial charge in [-0.05, 0) is 34.9 Å². The van der Waals surface area contributed by atoms with Gasteiger partial charge in [0.15, 0.2) is 11.6 Å². The molecular formula is C25H13F3O5. The molecule has 0 bridgehead atoms. The van der Waals surface area contributed by atoms with Gasteiger partial charge in [-0.1, -0.05) is 48.5 Å². The van der Waals surface area contributed by atoms with Crippen molar-refractivity contribution in [1.29, 1.82) is 0 Å². The third-order valence-corrected chi connectivity index (χ3v) is 6.08. The number of Topliss-reactive ketones (excluding diaryl/α,β-unsaturated/α-hetero) is 2. The number of halogens is 3. The largest absolute Gasteiger partial charge is 0.406 e. The number of carbonyl (C=O) groups is 4. The van der Waals surface area contributed by atoms with Crippen LogP contribution in [-0.4, -0.2) is 29.7 Å². The highest BCUT2D eigenvalue weighted by Gasteiger charge is 2.59. The molecule has 164 valence electrons. The van der Waals surface area contributed by atoms with E-state index in [1.54, 1.807) is 6.07 Å². The first-order valence-electron chi connectivity index (χ1n) is 9.89. The second kappa shape index (κ2) is 6.96. The second-order valence-electron chi connectivity index (χ2n) is 7.83. The van der Waals surface area contributed by atoms with Crippen LogP contribution in [0.2, 0.25) is 0 Å². The number of benzene rings is 3. The molecule has 5 rings (SSSR count). The molecule has 1 heterocycles. The number of ether oxygens (including phenoxy) is 1. The molecule has 0 radical (unpaired) electrons. The Bertz CT molecular complexity index is 1300. The zero-order valence-corrected chi connectivity index (χ0v) is 16.7. The van der Waals surface area contributed by atoms with Crippen molar-refractivity contribution in [2.45, 2.75) is 18.0 Å². The number of cyclic esters (lactones) is 2. The molecule has 2 aliphatic rings. The van der Waals surface area contributed by atoms with Crippen LogP contribution in [0.1, 0.15) is 64.5 Å². The van der Waals surface area contributed by atoms with Crippen molar-refractivity contribution in [3.8, 4) is 0 Å². The Morgan fingerprint density at radius 3 is 1.79 bits per heavy atom. The van der Waals surface area contributed by atoms with E-state index in [0.717, 1.165) is 24.3 Å². The van der Waals surface area contributed by atoms with Gasteiger partial charge in [0.1, 0.15) is 5.41 Å². The molecule has 3 aromatic rings. The van der Waals surface area contributed by atoms with Crippen LogP contribution in [0.4, 0.5) is 13.2 Å². The van der Waals surface area contributed by atoms with Gasteiger partial charge in [-0.15, -0.1) is 0 Å². The molecule has 5 nitrogen and oxygen atoms in total. The minimum Gasteiger partial charge on any atom is -0.386 e. The maximum absolute atomic E-state index is 15.1. The molecular weight excluding hydrogens is 437 g/mol. The zero-order chi connectivity index (χ0) is 23.5. The topological polar surface area (TPSA) is 77.5 Å². The quantitative estimate of drug-likeness (QED) is 0.330. The van der Waals surface area contributed by atoms with Crippen molar-refractivity contribution in [3.63, 3.8) is 0 Å². The fourth-order valence-corrected chi connectivity index (χ4v) is 4.59. The van der Waals surface area contributed by atoms with Gasteiger partial charge in [-0.2, -0.15) is 13.2 Å². The van der Waals surface area contributed by atoms with Crippen LogP contribution in [0.5, 0.6) is 0 Å². The summed E-state index contributed by atoms with van der Waals surface area (Å²) in [6.45, 7) is 0.